The molecule has 0 aliphatic rings. The van der Waals surface area contributed by atoms with Crippen molar-refractivity contribution in [1.82, 2.24) is 14.9 Å². The fourth-order valence-corrected chi connectivity index (χ4v) is 4.06. The molecule has 1 aromatic carbocycles. The third-order valence-corrected chi connectivity index (χ3v) is 5.72. The van der Waals surface area contributed by atoms with Gasteiger partial charge in [0.05, 0.1) is 16.0 Å². The number of sulfonamides is 1. The molecule has 0 unspecified atom stereocenters. The van der Waals surface area contributed by atoms with Gasteiger partial charge in [-0.05, 0) is 49.6 Å². The quantitative estimate of drug-likeness (QED) is 0.599. The van der Waals surface area contributed by atoms with E-state index in [2.05, 4.69) is 14.9 Å². The number of esters is 1. The Morgan fingerprint density at radius 2 is 2.00 bits per heavy atom. The predicted molar refractivity (Wildman–Crippen MR) is 98.6 cm³/mol. The summed E-state index contributed by atoms with van der Waals surface area (Å²) in [5.41, 5.74) is 1.02. The third kappa shape index (κ3) is 4.79. The minimum atomic E-state index is -3.61. The highest BCUT2D eigenvalue weighted by molar-refractivity contribution is 7.89. The summed E-state index contributed by atoms with van der Waals surface area (Å²) in [7, 11) is -3.61. The van der Waals surface area contributed by atoms with Gasteiger partial charge in [0.1, 0.15) is 0 Å². The smallest absolute Gasteiger partial charge is 0.338 e. The van der Waals surface area contributed by atoms with E-state index in [0.717, 1.165) is 5.56 Å². The fourth-order valence-electron chi connectivity index (χ4n) is 2.18. The van der Waals surface area contributed by atoms with Crippen molar-refractivity contribution in [3.8, 4) is 11.5 Å². The number of nitrogens with one attached hydrogen (secondary N) is 1. The molecule has 27 heavy (non-hydrogen) atoms. The second-order valence-corrected chi connectivity index (χ2v) is 8.40. The van der Waals surface area contributed by atoms with Gasteiger partial charge in [0, 0.05) is 11.4 Å². The van der Waals surface area contributed by atoms with Gasteiger partial charge in [-0.15, -0.1) is 0 Å². The van der Waals surface area contributed by atoms with Crippen LogP contribution in [0.3, 0.4) is 0 Å². The van der Waals surface area contributed by atoms with Gasteiger partial charge < -0.3 is 9.26 Å². The van der Waals surface area contributed by atoms with E-state index in [1.807, 2.05) is 16.8 Å². The Kier molecular flexibility index (Phi) is 5.68. The van der Waals surface area contributed by atoms with Crippen molar-refractivity contribution < 1.29 is 22.5 Å². The molecule has 0 radical (unpaired) electrons. The SMILES string of the molecule is CC(C)NS(=O)(=O)c1ccc(C(=O)OCc2noc(-c3ccsc3)n2)cc1. The first kappa shape index (κ1) is 19.2. The molecule has 0 spiro atoms. The van der Waals surface area contributed by atoms with Crippen LogP contribution in [0.1, 0.15) is 30.0 Å². The van der Waals surface area contributed by atoms with Crippen LogP contribution in [-0.2, 0) is 21.4 Å². The number of ether oxygens (including phenoxy) is 1. The van der Waals surface area contributed by atoms with E-state index in [1.165, 1.54) is 35.6 Å². The van der Waals surface area contributed by atoms with Gasteiger partial charge in [-0.25, -0.2) is 17.9 Å². The first-order chi connectivity index (χ1) is 12.8. The van der Waals surface area contributed by atoms with Crippen LogP contribution in [0.15, 0.2) is 50.5 Å². The van der Waals surface area contributed by atoms with Crippen LogP contribution in [0.25, 0.3) is 11.5 Å². The molecule has 3 aromatic rings. The third-order valence-electron chi connectivity index (χ3n) is 3.36. The van der Waals surface area contributed by atoms with Crippen molar-refractivity contribution >= 4 is 27.3 Å². The van der Waals surface area contributed by atoms with Gasteiger partial charge in [0.25, 0.3) is 5.89 Å². The summed E-state index contributed by atoms with van der Waals surface area (Å²) >= 11 is 1.50. The molecule has 0 bridgehead atoms. The van der Waals surface area contributed by atoms with Crippen LogP contribution < -0.4 is 4.72 Å². The summed E-state index contributed by atoms with van der Waals surface area (Å²) in [5, 5.41) is 7.52. The summed E-state index contributed by atoms with van der Waals surface area (Å²) in [6, 6.07) is 7.11. The lowest BCUT2D eigenvalue weighted by Gasteiger charge is -2.09. The van der Waals surface area contributed by atoms with Gasteiger partial charge in [0.2, 0.25) is 15.8 Å². The van der Waals surface area contributed by atoms with E-state index < -0.39 is 16.0 Å². The molecule has 0 aliphatic carbocycles. The maximum absolute atomic E-state index is 12.1. The molecule has 2 heterocycles. The highest BCUT2D eigenvalue weighted by Crippen LogP contribution is 2.20. The summed E-state index contributed by atoms with van der Waals surface area (Å²) in [6.45, 7) is 3.30. The Balaban J connectivity index is 1.62. The zero-order valence-corrected chi connectivity index (χ0v) is 16.2. The fraction of sp³-hybridized carbons (Fsp3) is 0.235. The van der Waals surface area contributed by atoms with Crippen LogP contribution in [0.2, 0.25) is 0 Å². The molecule has 10 heteroatoms. The van der Waals surface area contributed by atoms with E-state index in [4.69, 9.17) is 9.26 Å². The lowest BCUT2D eigenvalue weighted by molar-refractivity contribution is 0.0459. The van der Waals surface area contributed by atoms with Gasteiger partial charge >= 0.3 is 5.97 Å². The number of aromatic nitrogens is 2. The Hall–Kier alpha value is -2.56. The molecular weight excluding hydrogens is 390 g/mol. The van der Waals surface area contributed by atoms with E-state index in [0.29, 0.717) is 5.89 Å². The Morgan fingerprint density at radius 3 is 2.63 bits per heavy atom. The summed E-state index contributed by atoms with van der Waals surface area (Å²) in [4.78, 5) is 16.4. The normalized spacial score (nSPS) is 11.7. The van der Waals surface area contributed by atoms with Crippen molar-refractivity contribution in [2.24, 2.45) is 0 Å². The lowest BCUT2D eigenvalue weighted by Crippen LogP contribution is -2.30. The second-order valence-electron chi connectivity index (χ2n) is 5.90. The van der Waals surface area contributed by atoms with E-state index in [9.17, 15) is 13.2 Å². The number of benzene rings is 1. The van der Waals surface area contributed by atoms with Crippen molar-refractivity contribution in [3.05, 3.63) is 52.5 Å². The van der Waals surface area contributed by atoms with Crippen LogP contribution >= 0.6 is 11.3 Å². The number of carbonyl (C=O) groups excluding carboxylic acids is 1. The van der Waals surface area contributed by atoms with Crippen LogP contribution in [0, 0.1) is 0 Å². The first-order valence-corrected chi connectivity index (χ1v) is 10.4. The number of hydrogen-bond acceptors (Lipinski definition) is 8. The second kappa shape index (κ2) is 7.99. The van der Waals surface area contributed by atoms with E-state index >= 15 is 0 Å². The molecule has 1 N–H and O–H groups in total. The molecule has 0 fully saturated rings. The largest absolute Gasteiger partial charge is 0.454 e. The molecule has 0 saturated carbocycles. The number of rotatable bonds is 7. The average Bonchev–Trinajstić information content (AvgIpc) is 3.30. The number of nitrogens with zero attached hydrogens (tertiary/aromatic N) is 2. The topological polar surface area (TPSA) is 111 Å². The van der Waals surface area contributed by atoms with Crippen molar-refractivity contribution in [3.63, 3.8) is 0 Å². The molecule has 2 aromatic heterocycles. The zero-order valence-electron chi connectivity index (χ0n) is 14.6. The zero-order chi connectivity index (χ0) is 19.4. The standard InChI is InChI=1S/C17H17N3O5S2/c1-11(2)20-27(22,23)14-5-3-12(4-6-14)17(21)24-9-15-18-16(25-19-15)13-7-8-26-10-13/h3-8,10-11,20H,9H2,1-2H3. The van der Waals surface area contributed by atoms with Gasteiger partial charge in [0.15, 0.2) is 6.61 Å². The molecule has 0 aliphatic heterocycles. The highest BCUT2D eigenvalue weighted by atomic mass is 32.2. The number of hydrogen-bond donors (Lipinski definition) is 1. The minimum Gasteiger partial charge on any atom is -0.454 e. The average molecular weight is 407 g/mol. The van der Waals surface area contributed by atoms with E-state index in [-0.39, 0.29) is 28.9 Å². The van der Waals surface area contributed by atoms with Crippen molar-refractivity contribution in [1.29, 1.82) is 0 Å². The van der Waals surface area contributed by atoms with Gasteiger partial charge in [-0.3, -0.25) is 0 Å². The summed E-state index contributed by atoms with van der Waals surface area (Å²) < 4.78 is 36.9. The van der Waals surface area contributed by atoms with Crippen molar-refractivity contribution in [2.75, 3.05) is 0 Å². The Morgan fingerprint density at radius 1 is 1.26 bits per heavy atom. The van der Waals surface area contributed by atoms with Crippen LogP contribution in [0.4, 0.5) is 0 Å². The number of carbonyl (C=O) groups is 1. The van der Waals surface area contributed by atoms with Crippen molar-refractivity contribution in [2.45, 2.75) is 31.4 Å². The van der Waals surface area contributed by atoms with Crippen LogP contribution in [-0.4, -0.2) is 30.6 Å². The highest BCUT2D eigenvalue weighted by Gasteiger charge is 2.17. The molecule has 0 atom stereocenters. The lowest BCUT2D eigenvalue weighted by atomic mass is 10.2. The minimum absolute atomic E-state index is 0.0753. The van der Waals surface area contributed by atoms with E-state index in [1.54, 1.807) is 13.8 Å². The molecule has 0 saturated heterocycles. The maximum Gasteiger partial charge on any atom is 0.338 e. The molecule has 8 nitrogen and oxygen atoms in total. The number of thiophene rings is 1. The Bertz CT molecular complexity index is 1010. The molecular formula is C17H17N3O5S2. The van der Waals surface area contributed by atoms with Crippen LogP contribution in [0.5, 0.6) is 0 Å². The predicted octanol–water partition coefficient (Wildman–Crippen LogP) is 2.84. The van der Waals surface area contributed by atoms with Gasteiger partial charge in [-0.2, -0.15) is 16.3 Å². The first-order valence-electron chi connectivity index (χ1n) is 8.00. The van der Waals surface area contributed by atoms with Gasteiger partial charge in [-0.1, -0.05) is 5.16 Å². The Labute approximate surface area is 160 Å². The monoisotopic (exact) mass is 407 g/mol. The summed E-state index contributed by atoms with van der Waals surface area (Å²) in [5.74, 6) is -0.0166. The molecule has 0 amide bonds. The molecule has 3 rings (SSSR count). The molecule has 142 valence electrons. The maximum atomic E-state index is 12.1. The summed E-state index contributed by atoms with van der Waals surface area (Å²) in [6.07, 6.45) is 0.